The molecule has 3 aromatic carbocycles. The number of amides is 2. The molecule has 0 aliphatic carbocycles. The van der Waals surface area contributed by atoms with Crippen LogP contribution in [-0.2, 0) is 0 Å². The number of halogens is 1. The maximum absolute atomic E-state index is 13.0. The van der Waals surface area contributed by atoms with E-state index in [-0.39, 0.29) is 17.9 Å². The smallest absolute Gasteiger partial charge is 0.321 e. The molecule has 158 valence electrons. The molecule has 0 unspecified atom stereocenters. The molecule has 1 N–H and O–H groups in total. The van der Waals surface area contributed by atoms with Gasteiger partial charge in [0.25, 0.3) is 0 Å². The highest BCUT2D eigenvalue weighted by Crippen LogP contribution is 2.29. The van der Waals surface area contributed by atoms with Crippen LogP contribution in [0, 0.1) is 5.82 Å². The van der Waals surface area contributed by atoms with Crippen LogP contribution in [0.4, 0.5) is 9.18 Å². The predicted molar refractivity (Wildman–Crippen MR) is 122 cm³/mol. The minimum Gasteiger partial charge on any atom is -0.322 e. The molecule has 1 saturated heterocycles. The summed E-state index contributed by atoms with van der Waals surface area (Å²) in [5.74, 6) is -0.275. The Morgan fingerprint density at radius 3 is 1.90 bits per heavy atom. The van der Waals surface area contributed by atoms with E-state index in [1.165, 1.54) is 23.3 Å². The zero-order valence-corrected chi connectivity index (χ0v) is 17.3. The van der Waals surface area contributed by atoms with Gasteiger partial charge >= 0.3 is 6.03 Å². The van der Waals surface area contributed by atoms with E-state index < -0.39 is 0 Å². The van der Waals surface area contributed by atoms with Gasteiger partial charge < -0.3 is 10.2 Å². The molecule has 0 atom stereocenters. The van der Waals surface area contributed by atoms with Crippen LogP contribution in [-0.4, -0.2) is 42.0 Å². The summed E-state index contributed by atoms with van der Waals surface area (Å²) in [6, 6.07) is 27.2. The standard InChI is InChI=1S/C26H26FN3O/c27-24-13-11-21(12-14-24)15-16-28-26(31)30-19-17-29(18-20-30)25(22-7-3-1-4-8-22)23-9-5-2-6-10-23/h1-16,25H,17-20H2,(H,28,31)/b16-15+. The summed E-state index contributed by atoms with van der Waals surface area (Å²) >= 11 is 0. The fraction of sp³-hybridized carbons (Fsp3) is 0.192. The lowest BCUT2D eigenvalue weighted by atomic mass is 9.96. The lowest BCUT2D eigenvalue weighted by Crippen LogP contribution is -2.51. The summed E-state index contributed by atoms with van der Waals surface area (Å²) in [5, 5.41) is 2.82. The van der Waals surface area contributed by atoms with Crippen molar-refractivity contribution < 1.29 is 9.18 Å². The highest BCUT2D eigenvalue weighted by atomic mass is 19.1. The minimum atomic E-state index is -0.275. The van der Waals surface area contributed by atoms with Crippen LogP contribution in [0.25, 0.3) is 6.08 Å². The van der Waals surface area contributed by atoms with Gasteiger partial charge in [0.05, 0.1) is 6.04 Å². The largest absolute Gasteiger partial charge is 0.322 e. The number of benzene rings is 3. The van der Waals surface area contributed by atoms with E-state index in [1.807, 2.05) is 17.0 Å². The number of carbonyl (C=O) groups is 1. The van der Waals surface area contributed by atoms with Crippen molar-refractivity contribution in [2.75, 3.05) is 26.2 Å². The van der Waals surface area contributed by atoms with E-state index >= 15 is 0 Å². The Balaban J connectivity index is 1.37. The molecule has 1 aliphatic heterocycles. The second-order valence-corrected chi connectivity index (χ2v) is 7.58. The van der Waals surface area contributed by atoms with Gasteiger partial charge in [-0.05, 0) is 34.9 Å². The third-order valence-corrected chi connectivity index (χ3v) is 5.55. The highest BCUT2D eigenvalue weighted by molar-refractivity contribution is 5.76. The van der Waals surface area contributed by atoms with E-state index in [4.69, 9.17) is 0 Å². The molecule has 2 amide bonds. The van der Waals surface area contributed by atoms with Gasteiger partial charge in [0.2, 0.25) is 0 Å². The summed E-state index contributed by atoms with van der Waals surface area (Å²) in [4.78, 5) is 16.8. The predicted octanol–water partition coefficient (Wildman–Crippen LogP) is 4.91. The molecule has 0 spiro atoms. The Bertz CT molecular complexity index is 958. The first-order valence-corrected chi connectivity index (χ1v) is 10.5. The number of nitrogens with zero attached hydrogens (tertiary/aromatic N) is 2. The Labute approximate surface area is 182 Å². The molecule has 4 rings (SSSR count). The highest BCUT2D eigenvalue weighted by Gasteiger charge is 2.27. The van der Waals surface area contributed by atoms with E-state index in [0.29, 0.717) is 13.1 Å². The third-order valence-electron chi connectivity index (χ3n) is 5.55. The first-order chi connectivity index (χ1) is 15.2. The molecular formula is C26H26FN3O. The van der Waals surface area contributed by atoms with Crippen LogP contribution >= 0.6 is 0 Å². The Kier molecular flexibility index (Phi) is 6.75. The fourth-order valence-electron chi connectivity index (χ4n) is 3.94. The molecule has 5 heteroatoms. The maximum Gasteiger partial charge on any atom is 0.321 e. The molecule has 0 bridgehead atoms. The number of piperazine rings is 1. The van der Waals surface area contributed by atoms with E-state index in [0.717, 1.165) is 18.7 Å². The van der Waals surface area contributed by atoms with E-state index in [2.05, 4.69) is 58.7 Å². The molecule has 3 aromatic rings. The average molecular weight is 416 g/mol. The van der Waals surface area contributed by atoms with E-state index in [9.17, 15) is 9.18 Å². The zero-order chi connectivity index (χ0) is 21.5. The van der Waals surface area contributed by atoms with Crippen LogP contribution in [0.1, 0.15) is 22.7 Å². The van der Waals surface area contributed by atoms with E-state index in [1.54, 1.807) is 24.4 Å². The molecule has 1 heterocycles. The van der Waals surface area contributed by atoms with Crippen molar-refractivity contribution in [2.45, 2.75) is 6.04 Å². The van der Waals surface area contributed by atoms with Crippen LogP contribution in [0.2, 0.25) is 0 Å². The number of carbonyl (C=O) groups excluding carboxylic acids is 1. The second kappa shape index (κ2) is 10.0. The molecule has 1 aliphatic rings. The number of nitrogens with one attached hydrogen (secondary N) is 1. The molecule has 31 heavy (non-hydrogen) atoms. The first kappa shape index (κ1) is 20.8. The van der Waals surface area contributed by atoms with Crippen molar-refractivity contribution in [1.82, 2.24) is 15.1 Å². The fourth-order valence-corrected chi connectivity index (χ4v) is 3.94. The molecule has 0 aromatic heterocycles. The lowest BCUT2D eigenvalue weighted by molar-refractivity contribution is 0.122. The molecular weight excluding hydrogens is 389 g/mol. The summed E-state index contributed by atoms with van der Waals surface area (Å²) in [6.07, 6.45) is 3.37. The van der Waals surface area contributed by atoms with Crippen LogP contribution < -0.4 is 5.32 Å². The Morgan fingerprint density at radius 1 is 0.806 bits per heavy atom. The van der Waals surface area contributed by atoms with Gasteiger partial charge in [-0.1, -0.05) is 72.8 Å². The van der Waals surface area contributed by atoms with Gasteiger partial charge in [0, 0.05) is 32.4 Å². The van der Waals surface area contributed by atoms with Crippen molar-refractivity contribution in [3.05, 3.63) is 114 Å². The van der Waals surface area contributed by atoms with Crippen molar-refractivity contribution in [3.8, 4) is 0 Å². The second-order valence-electron chi connectivity index (χ2n) is 7.58. The SMILES string of the molecule is O=C(N/C=C/c1ccc(F)cc1)N1CCN(C(c2ccccc2)c2ccccc2)CC1. The third kappa shape index (κ3) is 5.38. The maximum atomic E-state index is 13.0. The van der Waals surface area contributed by atoms with Gasteiger partial charge in [-0.25, -0.2) is 9.18 Å². The summed E-state index contributed by atoms with van der Waals surface area (Å²) in [7, 11) is 0. The number of urea groups is 1. The number of hydrogen-bond acceptors (Lipinski definition) is 2. The molecule has 0 saturated carbocycles. The van der Waals surface area contributed by atoms with Crippen molar-refractivity contribution >= 4 is 12.1 Å². The summed E-state index contributed by atoms with van der Waals surface area (Å²) in [6.45, 7) is 2.91. The van der Waals surface area contributed by atoms with Gasteiger partial charge in [0.1, 0.15) is 5.82 Å². The summed E-state index contributed by atoms with van der Waals surface area (Å²) < 4.78 is 13.0. The first-order valence-electron chi connectivity index (χ1n) is 10.5. The Hall–Kier alpha value is -3.44. The lowest BCUT2D eigenvalue weighted by Gasteiger charge is -2.39. The minimum absolute atomic E-state index is 0.117. The number of rotatable bonds is 5. The number of hydrogen-bond donors (Lipinski definition) is 1. The van der Waals surface area contributed by atoms with Gasteiger partial charge in [-0.2, -0.15) is 0 Å². The normalized spacial score (nSPS) is 14.8. The van der Waals surface area contributed by atoms with Gasteiger partial charge in [0.15, 0.2) is 0 Å². The monoisotopic (exact) mass is 415 g/mol. The molecule has 4 nitrogen and oxygen atoms in total. The van der Waals surface area contributed by atoms with Crippen molar-refractivity contribution in [3.63, 3.8) is 0 Å². The van der Waals surface area contributed by atoms with Gasteiger partial charge in [-0.15, -0.1) is 0 Å². The zero-order valence-electron chi connectivity index (χ0n) is 17.3. The molecule has 0 radical (unpaired) electrons. The average Bonchev–Trinajstić information content (AvgIpc) is 2.82. The molecule has 1 fully saturated rings. The van der Waals surface area contributed by atoms with Crippen LogP contribution in [0.15, 0.2) is 91.1 Å². The van der Waals surface area contributed by atoms with Crippen LogP contribution in [0.3, 0.4) is 0 Å². The van der Waals surface area contributed by atoms with Crippen molar-refractivity contribution in [2.24, 2.45) is 0 Å². The van der Waals surface area contributed by atoms with Crippen LogP contribution in [0.5, 0.6) is 0 Å². The Morgan fingerprint density at radius 2 is 1.35 bits per heavy atom. The van der Waals surface area contributed by atoms with Gasteiger partial charge in [-0.3, -0.25) is 4.90 Å². The van der Waals surface area contributed by atoms with Crippen molar-refractivity contribution in [1.29, 1.82) is 0 Å². The summed E-state index contributed by atoms with van der Waals surface area (Å²) in [5.41, 5.74) is 3.35. The quantitative estimate of drug-likeness (QED) is 0.643. The topological polar surface area (TPSA) is 35.6 Å².